The van der Waals surface area contributed by atoms with Crippen molar-refractivity contribution in [3.8, 4) is 11.5 Å². The Labute approximate surface area is 170 Å². The van der Waals surface area contributed by atoms with E-state index in [1.54, 1.807) is 30.3 Å². The van der Waals surface area contributed by atoms with Gasteiger partial charge in [-0.2, -0.15) is 0 Å². The van der Waals surface area contributed by atoms with E-state index in [2.05, 4.69) is 21.2 Å². The van der Waals surface area contributed by atoms with Crippen molar-refractivity contribution >= 4 is 50.7 Å². The van der Waals surface area contributed by atoms with Gasteiger partial charge in [0.25, 0.3) is 5.91 Å². The van der Waals surface area contributed by atoms with Gasteiger partial charge in [0, 0.05) is 11.6 Å². The van der Waals surface area contributed by atoms with Gasteiger partial charge < -0.3 is 19.5 Å². The Hall–Kier alpha value is -1.47. The van der Waals surface area contributed by atoms with Crippen LogP contribution in [-0.4, -0.2) is 32.3 Å². The number of amides is 1. The zero-order valence-electron chi connectivity index (χ0n) is 14.1. The van der Waals surface area contributed by atoms with Crippen molar-refractivity contribution in [2.24, 2.45) is 0 Å². The summed E-state index contributed by atoms with van der Waals surface area (Å²) in [5, 5.41) is 3.54. The van der Waals surface area contributed by atoms with Crippen molar-refractivity contribution < 1.29 is 19.0 Å². The average Bonchev–Trinajstić information content (AvgIpc) is 2.59. The number of carbonyl (C=O) groups excluding carboxylic acids is 1. The van der Waals surface area contributed by atoms with Crippen LogP contribution in [0.25, 0.3) is 0 Å². The van der Waals surface area contributed by atoms with Crippen LogP contribution in [0.2, 0.25) is 10.0 Å². The minimum Gasteiger partial charge on any atom is -0.489 e. The lowest BCUT2D eigenvalue weighted by Crippen LogP contribution is -2.21. The molecule has 2 rings (SSSR count). The van der Waals surface area contributed by atoms with Crippen LogP contribution in [0.5, 0.6) is 11.5 Å². The van der Waals surface area contributed by atoms with Crippen molar-refractivity contribution in [2.75, 3.05) is 31.7 Å². The van der Waals surface area contributed by atoms with Crippen molar-refractivity contribution in [1.29, 1.82) is 0 Å². The maximum atomic E-state index is 12.2. The summed E-state index contributed by atoms with van der Waals surface area (Å²) in [5.41, 5.74) is 0.555. The minimum absolute atomic E-state index is 0.215. The van der Waals surface area contributed by atoms with E-state index in [1.807, 2.05) is 13.0 Å². The Morgan fingerprint density at radius 1 is 1.15 bits per heavy atom. The molecule has 0 spiro atoms. The number of benzene rings is 2. The molecule has 0 saturated carbocycles. The molecule has 0 fully saturated rings. The van der Waals surface area contributed by atoms with Crippen LogP contribution in [0, 0.1) is 0 Å². The van der Waals surface area contributed by atoms with Crippen molar-refractivity contribution in [2.45, 2.75) is 6.92 Å². The third-order valence-corrected chi connectivity index (χ3v) is 4.25. The predicted octanol–water partition coefficient (Wildman–Crippen LogP) is 5.19. The summed E-state index contributed by atoms with van der Waals surface area (Å²) in [6, 6.07) is 10.3. The fourth-order valence-corrected chi connectivity index (χ4v) is 3.41. The molecule has 26 heavy (non-hydrogen) atoms. The molecular formula is C18H18BrCl2NO4. The first-order chi connectivity index (χ1) is 12.5. The number of para-hydroxylation sites is 2. The van der Waals surface area contributed by atoms with Gasteiger partial charge in [-0.25, -0.2) is 0 Å². The van der Waals surface area contributed by atoms with E-state index >= 15 is 0 Å². The van der Waals surface area contributed by atoms with Gasteiger partial charge in [0.15, 0.2) is 12.4 Å². The second-order valence-electron chi connectivity index (χ2n) is 5.08. The summed E-state index contributed by atoms with van der Waals surface area (Å²) in [7, 11) is 0. The third kappa shape index (κ3) is 6.36. The van der Waals surface area contributed by atoms with Gasteiger partial charge >= 0.3 is 0 Å². The number of nitrogens with one attached hydrogen (secondary N) is 1. The highest BCUT2D eigenvalue weighted by Gasteiger charge is 2.12. The van der Waals surface area contributed by atoms with Crippen LogP contribution in [0.3, 0.4) is 0 Å². The van der Waals surface area contributed by atoms with Gasteiger partial charge in [-0.1, -0.05) is 35.3 Å². The second-order valence-corrected chi connectivity index (χ2v) is 6.77. The zero-order chi connectivity index (χ0) is 18.9. The van der Waals surface area contributed by atoms with Gasteiger partial charge in [-0.15, -0.1) is 0 Å². The van der Waals surface area contributed by atoms with E-state index in [0.29, 0.717) is 51.5 Å². The highest BCUT2D eigenvalue weighted by atomic mass is 79.9. The lowest BCUT2D eigenvalue weighted by atomic mass is 10.3. The van der Waals surface area contributed by atoms with Gasteiger partial charge in [0.2, 0.25) is 0 Å². The number of anilines is 1. The predicted molar refractivity (Wildman–Crippen MR) is 107 cm³/mol. The SMILES string of the molecule is CCOCCOc1ccccc1NC(=O)COc1c(Cl)cc(Cl)cc1Br. The maximum absolute atomic E-state index is 12.2. The molecule has 2 aromatic carbocycles. The number of hydrogen-bond acceptors (Lipinski definition) is 4. The van der Waals surface area contributed by atoms with Gasteiger partial charge in [0.05, 0.1) is 21.8 Å². The molecule has 0 aliphatic heterocycles. The van der Waals surface area contributed by atoms with Crippen LogP contribution in [0.1, 0.15) is 6.92 Å². The first kappa shape index (κ1) is 20.8. The molecule has 2 aromatic rings. The summed E-state index contributed by atoms with van der Waals surface area (Å²) in [6.07, 6.45) is 0. The Balaban J connectivity index is 1.94. The molecule has 5 nitrogen and oxygen atoms in total. The highest BCUT2D eigenvalue weighted by molar-refractivity contribution is 9.10. The number of ether oxygens (including phenoxy) is 3. The largest absolute Gasteiger partial charge is 0.489 e. The maximum Gasteiger partial charge on any atom is 0.262 e. The first-order valence-corrected chi connectivity index (χ1v) is 9.43. The zero-order valence-corrected chi connectivity index (χ0v) is 17.2. The van der Waals surface area contributed by atoms with E-state index in [4.69, 9.17) is 37.4 Å². The molecule has 0 saturated heterocycles. The molecule has 0 bridgehead atoms. The van der Waals surface area contributed by atoms with E-state index in [1.165, 1.54) is 0 Å². The smallest absolute Gasteiger partial charge is 0.262 e. The molecular weight excluding hydrogens is 445 g/mol. The van der Waals surface area contributed by atoms with Crippen LogP contribution in [-0.2, 0) is 9.53 Å². The van der Waals surface area contributed by atoms with E-state index in [9.17, 15) is 4.79 Å². The molecule has 1 amide bonds. The minimum atomic E-state index is -0.344. The summed E-state index contributed by atoms with van der Waals surface area (Å²) in [4.78, 5) is 12.2. The normalized spacial score (nSPS) is 10.5. The topological polar surface area (TPSA) is 56.8 Å². The van der Waals surface area contributed by atoms with Crippen LogP contribution >= 0.6 is 39.1 Å². The second kappa shape index (κ2) is 10.6. The third-order valence-electron chi connectivity index (χ3n) is 3.16. The highest BCUT2D eigenvalue weighted by Crippen LogP contribution is 2.36. The van der Waals surface area contributed by atoms with Crippen LogP contribution < -0.4 is 14.8 Å². The van der Waals surface area contributed by atoms with Crippen molar-refractivity contribution in [1.82, 2.24) is 0 Å². The molecule has 8 heteroatoms. The first-order valence-electron chi connectivity index (χ1n) is 7.88. The van der Waals surface area contributed by atoms with E-state index in [-0.39, 0.29) is 12.5 Å². The molecule has 0 radical (unpaired) electrons. The number of hydrogen-bond donors (Lipinski definition) is 1. The summed E-state index contributed by atoms with van der Waals surface area (Å²) >= 11 is 15.3. The number of rotatable bonds is 9. The summed E-state index contributed by atoms with van der Waals surface area (Å²) < 4.78 is 16.9. The Kier molecular flexibility index (Phi) is 8.51. The van der Waals surface area contributed by atoms with Gasteiger partial charge in [-0.3, -0.25) is 4.79 Å². The average molecular weight is 463 g/mol. The lowest BCUT2D eigenvalue weighted by molar-refractivity contribution is -0.118. The van der Waals surface area contributed by atoms with Crippen LogP contribution in [0.15, 0.2) is 40.9 Å². The number of halogens is 3. The Morgan fingerprint density at radius 3 is 2.65 bits per heavy atom. The molecule has 0 aliphatic carbocycles. The molecule has 140 valence electrons. The summed E-state index contributed by atoms with van der Waals surface area (Å²) in [5.74, 6) is 0.572. The number of carbonyl (C=O) groups is 1. The standard InChI is InChI=1S/C18H18BrCl2NO4/c1-2-24-7-8-25-16-6-4-3-5-15(16)22-17(23)11-26-18-13(19)9-12(20)10-14(18)21/h3-6,9-10H,2,7-8,11H2,1H3,(H,22,23). The summed E-state index contributed by atoms with van der Waals surface area (Å²) in [6.45, 7) is 3.20. The van der Waals surface area contributed by atoms with E-state index < -0.39 is 0 Å². The van der Waals surface area contributed by atoms with Crippen molar-refractivity contribution in [3.05, 3.63) is 50.9 Å². The fourth-order valence-electron chi connectivity index (χ4n) is 2.04. The molecule has 0 aromatic heterocycles. The quantitative estimate of drug-likeness (QED) is 0.521. The molecule has 0 atom stereocenters. The molecule has 0 heterocycles. The molecule has 1 N–H and O–H groups in total. The Morgan fingerprint density at radius 2 is 1.92 bits per heavy atom. The monoisotopic (exact) mass is 461 g/mol. The lowest BCUT2D eigenvalue weighted by Gasteiger charge is -2.14. The Bertz CT molecular complexity index is 735. The molecule has 0 unspecified atom stereocenters. The van der Waals surface area contributed by atoms with Gasteiger partial charge in [-0.05, 0) is 47.1 Å². The van der Waals surface area contributed by atoms with Crippen LogP contribution in [0.4, 0.5) is 5.69 Å². The van der Waals surface area contributed by atoms with Gasteiger partial charge in [0.1, 0.15) is 12.4 Å². The van der Waals surface area contributed by atoms with Crippen molar-refractivity contribution in [3.63, 3.8) is 0 Å². The molecule has 0 aliphatic rings. The fraction of sp³-hybridized carbons (Fsp3) is 0.278. The van der Waals surface area contributed by atoms with E-state index in [0.717, 1.165) is 0 Å².